The van der Waals surface area contributed by atoms with Gasteiger partial charge in [-0.05, 0) is 26.0 Å². The number of methoxy groups -OCH3 is 2. The van der Waals surface area contributed by atoms with Gasteiger partial charge in [-0.15, -0.1) is 10.2 Å². The fourth-order valence-corrected chi connectivity index (χ4v) is 2.67. The van der Waals surface area contributed by atoms with Crippen molar-refractivity contribution in [2.24, 2.45) is 0 Å². The number of carbonyl (C=O) groups excluding carboxylic acids is 1. The molecular formula is C20H19N3O7. The Kier molecular flexibility index (Phi) is 5.95. The molecule has 0 aliphatic heterocycles. The first-order valence-corrected chi connectivity index (χ1v) is 8.86. The molecule has 0 N–H and O–H groups in total. The Labute approximate surface area is 171 Å². The summed E-state index contributed by atoms with van der Waals surface area (Å²) in [5, 5.41) is 19.3. The Balaban J connectivity index is 1.84. The van der Waals surface area contributed by atoms with Crippen molar-refractivity contribution in [3.8, 4) is 23.0 Å². The SMILES string of the molecule is COc1cc(C(=O)O[C@@H](C)c2nnc(-c3ccc(C)cc3)o2)c([N+](=O)[O-])cc1OC. The second kappa shape index (κ2) is 8.60. The van der Waals surface area contributed by atoms with Crippen molar-refractivity contribution in [1.82, 2.24) is 10.2 Å². The zero-order valence-corrected chi connectivity index (χ0v) is 16.7. The summed E-state index contributed by atoms with van der Waals surface area (Å²) >= 11 is 0. The highest BCUT2D eigenvalue weighted by Crippen LogP contribution is 2.35. The third kappa shape index (κ3) is 4.22. The molecule has 10 heteroatoms. The maximum Gasteiger partial charge on any atom is 0.346 e. The van der Waals surface area contributed by atoms with Crippen molar-refractivity contribution in [3.05, 3.63) is 63.5 Å². The molecule has 1 aromatic heterocycles. The van der Waals surface area contributed by atoms with Crippen molar-refractivity contribution in [2.45, 2.75) is 20.0 Å². The Morgan fingerprint density at radius 3 is 2.33 bits per heavy atom. The number of esters is 1. The molecule has 0 aliphatic rings. The lowest BCUT2D eigenvalue weighted by Gasteiger charge is -2.12. The topological polar surface area (TPSA) is 127 Å². The van der Waals surface area contributed by atoms with Crippen LogP contribution in [0.3, 0.4) is 0 Å². The van der Waals surface area contributed by atoms with Gasteiger partial charge in [-0.2, -0.15) is 0 Å². The lowest BCUT2D eigenvalue weighted by molar-refractivity contribution is -0.385. The van der Waals surface area contributed by atoms with Gasteiger partial charge >= 0.3 is 5.97 Å². The normalized spacial score (nSPS) is 11.6. The summed E-state index contributed by atoms with van der Waals surface area (Å²) in [7, 11) is 2.69. The van der Waals surface area contributed by atoms with E-state index in [-0.39, 0.29) is 28.8 Å². The molecule has 0 saturated heterocycles. The fraction of sp³-hybridized carbons (Fsp3) is 0.250. The number of benzene rings is 2. The zero-order valence-electron chi connectivity index (χ0n) is 16.7. The lowest BCUT2D eigenvalue weighted by Crippen LogP contribution is -2.12. The molecule has 0 amide bonds. The number of nitro groups is 1. The van der Waals surface area contributed by atoms with Crippen molar-refractivity contribution in [3.63, 3.8) is 0 Å². The summed E-state index contributed by atoms with van der Waals surface area (Å²) in [5.74, 6) is -0.340. The Morgan fingerprint density at radius 2 is 1.73 bits per heavy atom. The van der Waals surface area contributed by atoms with Crippen LogP contribution in [-0.2, 0) is 4.74 Å². The average Bonchev–Trinajstić information content (AvgIpc) is 3.23. The average molecular weight is 413 g/mol. The van der Waals surface area contributed by atoms with Gasteiger partial charge in [-0.1, -0.05) is 17.7 Å². The van der Waals surface area contributed by atoms with E-state index in [1.165, 1.54) is 27.2 Å². The summed E-state index contributed by atoms with van der Waals surface area (Å²) < 4.78 is 21.1. The minimum atomic E-state index is -0.940. The first kappa shape index (κ1) is 20.8. The number of nitrogens with zero attached hydrogens (tertiary/aromatic N) is 3. The molecule has 0 radical (unpaired) electrons. The molecule has 0 spiro atoms. The van der Waals surface area contributed by atoms with Gasteiger partial charge in [0.25, 0.3) is 11.6 Å². The molecular weight excluding hydrogens is 394 g/mol. The van der Waals surface area contributed by atoms with Crippen molar-refractivity contribution in [1.29, 1.82) is 0 Å². The van der Waals surface area contributed by atoms with Crippen LogP contribution in [0.4, 0.5) is 5.69 Å². The summed E-state index contributed by atoms with van der Waals surface area (Å²) in [6.45, 7) is 3.48. The van der Waals surface area contributed by atoms with Crippen LogP contribution in [0.15, 0.2) is 40.8 Å². The van der Waals surface area contributed by atoms with E-state index in [4.69, 9.17) is 18.6 Å². The van der Waals surface area contributed by atoms with Gasteiger partial charge in [0, 0.05) is 11.6 Å². The standard InChI is InChI=1S/C20H19N3O7/c1-11-5-7-13(8-6-11)19-22-21-18(30-19)12(2)29-20(24)14-9-16(27-3)17(28-4)10-15(14)23(25)26/h5-10,12H,1-4H3/t12-/m0/s1. The van der Waals surface area contributed by atoms with E-state index in [2.05, 4.69) is 10.2 Å². The summed E-state index contributed by atoms with van der Waals surface area (Å²) in [6, 6.07) is 9.75. The molecule has 0 saturated carbocycles. The van der Waals surface area contributed by atoms with Crippen LogP contribution >= 0.6 is 0 Å². The van der Waals surface area contributed by atoms with Crippen LogP contribution < -0.4 is 9.47 Å². The monoisotopic (exact) mass is 413 g/mol. The Hall–Kier alpha value is -3.95. The van der Waals surface area contributed by atoms with Crippen molar-refractivity contribution in [2.75, 3.05) is 14.2 Å². The predicted molar refractivity (Wildman–Crippen MR) is 105 cm³/mol. The van der Waals surface area contributed by atoms with E-state index in [0.717, 1.165) is 11.6 Å². The van der Waals surface area contributed by atoms with E-state index in [1.807, 2.05) is 31.2 Å². The van der Waals surface area contributed by atoms with Gasteiger partial charge < -0.3 is 18.6 Å². The predicted octanol–water partition coefficient (Wildman–Crippen LogP) is 3.89. The quantitative estimate of drug-likeness (QED) is 0.322. The highest BCUT2D eigenvalue weighted by molar-refractivity contribution is 5.95. The highest BCUT2D eigenvalue weighted by Gasteiger charge is 2.28. The van der Waals surface area contributed by atoms with Crippen LogP contribution in [-0.4, -0.2) is 35.3 Å². The maximum atomic E-state index is 12.6. The van der Waals surface area contributed by atoms with Gasteiger partial charge in [-0.3, -0.25) is 10.1 Å². The molecule has 0 fully saturated rings. The number of rotatable bonds is 7. The third-order valence-electron chi connectivity index (χ3n) is 4.29. The minimum Gasteiger partial charge on any atom is -0.493 e. The molecule has 3 aromatic rings. The number of nitro benzene ring substituents is 1. The Bertz CT molecular complexity index is 1080. The number of aryl methyl sites for hydroxylation is 1. The number of hydrogen-bond donors (Lipinski definition) is 0. The first-order valence-electron chi connectivity index (χ1n) is 8.86. The molecule has 2 aromatic carbocycles. The molecule has 156 valence electrons. The molecule has 1 atom stereocenters. The summed E-state index contributed by atoms with van der Waals surface area (Å²) in [5.41, 5.74) is 1.03. The third-order valence-corrected chi connectivity index (χ3v) is 4.29. The van der Waals surface area contributed by atoms with Gasteiger partial charge in [-0.25, -0.2) is 4.79 Å². The van der Waals surface area contributed by atoms with Gasteiger partial charge in [0.15, 0.2) is 17.6 Å². The van der Waals surface area contributed by atoms with Crippen molar-refractivity contribution < 1.29 is 28.3 Å². The lowest BCUT2D eigenvalue weighted by atomic mass is 10.1. The van der Waals surface area contributed by atoms with Crippen LogP contribution in [0.25, 0.3) is 11.5 Å². The van der Waals surface area contributed by atoms with Crippen LogP contribution in [0.5, 0.6) is 11.5 Å². The molecule has 3 rings (SSSR count). The van der Waals surface area contributed by atoms with Gasteiger partial charge in [0.05, 0.1) is 25.2 Å². The van der Waals surface area contributed by atoms with Crippen LogP contribution in [0.1, 0.15) is 34.8 Å². The van der Waals surface area contributed by atoms with E-state index in [1.54, 1.807) is 0 Å². The molecule has 0 aliphatic carbocycles. The second-order valence-electron chi connectivity index (χ2n) is 6.34. The smallest absolute Gasteiger partial charge is 0.346 e. The Morgan fingerprint density at radius 1 is 1.10 bits per heavy atom. The fourth-order valence-electron chi connectivity index (χ4n) is 2.67. The summed E-state index contributed by atoms with van der Waals surface area (Å²) in [6.07, 6.45) is -0.933. The molecule has 1 heterocycles. The molecule has 10 nitrogen and oxygen atoms in total. The zero-order chi connectivity index (χ0) is 21.8. The molecule has 0 unspecified atom stereocenters. The van der Waals surface area contributed by atoms with Gasteiger partial charge in [0.1, 0.15) is 5.56 Å². The van der Waals surface area contributed by atoms with E-state index in [9.17, 15) is 14.9 Å². The van der Waals surface area contributed by atoms with E-state index >= 15 is 0 Å². The highest BCUT2D eigenvalue weighted by atomic mass is 16.6. The second-order valence-corrected chi connectivity index (χ2v) is 6.34. The number of carbonyl (C=O) groups is 1. The number of aromatic nitrogens is 2. The molecule has 30 heavy (non-hydrogen) atoms. The summed E-state index contributed by atoms with van der Waals surface area (Å²) in [4.78, 5) is 23.3. The van der Waals surface area contributed by atoms with Crippen molar-refractivity contribution >= 4 is 11.7 Å². The number of hydrogen-bond acceptors (Lipinski definition) is 9. The van der Waals surface area contributed by atoms with Gasteiger partial charge in [0.2, 0.25) is 5.89 Å². The van der Waals surface area contributed by atoms with E-state index in [0.29, 0.717) is 5.56 Å². The largest absolute Gasteiger partial charge is 0.493 e. The molecule has 0 bridgehead atoms. The first-order chi connectivity index (χ1) is 14.3. The minimum absolute atomic E-state index is 0.0575. The number of ether oxygens (including phenoxy) is 3. The maximum absolute atomic E-state index is 12.6. The van der Waals surface area contributed by atoms with E-state index < -0.39 is 22.7 Å². The van der Waals surface area contributed by atoms with Crippen LogP contribution in [0.2, 0.25) is 0 Å². The van der Waals surface area contributed by atoms with Crippen LogP contribution in [0, 0.1) is 17.0 Å².